The lowest BCUT2D eigenvalue weighted by molar-refractivity contribution is 0.0701. The number of carbonyl (C=O) groups is 1. The van der Waals surface area contributed by atoms with E-state index in [4.69, 9.17) is 5.11 Å². The Bertz CT molecular complexity index is 495. The average molecular weight is 221 g/mol. The smallest absolute Gasteiger partial charge is 0.347 e. The molecule has 15 heavy (non-hydrogen) atoms. The number of aryl methyl sites for hydroxylation is 1. The molecule has 0 aliphatic rings. The summed E-state index contributed by atoms with van der Waals surface area (Å²) in [6, 6.07) is 0. The Morgan fingerprint density at radius 2 is 2.07 bits per heavy atom. The first-order valence-electron chi connectivity index (χ1n) is 4.14. The van der Waals surface area contributed by atoms with Gasteiger partial charge in [-0.1, -0.05) is 0 Å². The number of aromatic nitrogens is 3. The molecule has 0 bridgehead atoms. The van der Waals surface area contributed by atoms with Gasteiger partial charge >= 0.3 is 5.97 Å². The maximum absolute atomic E-state index is 10.8. The van der Waals surface area contributed by atoms with Gasteiger partial charge in [-0.15, -0.1) is 11.3 Å². The van der Waals surface area contributed by atoms with Gasteiger partial charge in [0.25, 0.3) is 0 Å². The molecule has 0 radical (unpaired) electrons. The van der Waals surface area contributed by atoms with E-state index >= 15 is 0 Å². The van der Waals surface area contributed by atoms with Gasteiger partial charge < -0.3 is 5.11 Å². The first kappa shape index (κ1) is 9.72. The minimum absolute atomic E-state index is 0.258. The SMILES string of the molecule is Cc1nc(-c2cncnc2)sc1C(=O)O. The molecule has 0 saturated heterocycles. The van der Waals surface area contributed by atoms with E-state index in [0.717, 1.165) is 16.9 Å². The van der Waals surface area contributed by atoms with Gasteiger partial charge in [0.05, 0.1) is 5.69 Å². The molecular formula is C9H7N3O2S. The lowest BCUT2D eigenvalue weighted by Gasteiger charge is -1.91. The molecule has 0 aliphatic carbocycles. The van der Waals surface area contributed by atoms with Crippen molar-refractivity contribution >= 4 is 17.3 Å². The number of thiazole rings is 1. The molecule has 0 fully saturated rings. The number of carboxylic acid groups (broad SMARTS) is 1. The van der Waals surface area contributed by atoms with E-state index < -0.39 is 5.97 Å². The molecular weight excluding hydrogens is 214 g/mol. The minimum atomic E-state index is -0.951. The Kier molecular flexibility index (Phi) is 2.42. The van der Waals surface area contributed by atoms with E-state index in [1.54, 1.807) is 19.3 Å². The van der Waals surface area contributed by atoms with E-state index in [1.165, 1.54) is 6.33 Å². The number of carboxylic acids is 1. The number of hydrogen-bond donors (Lipinski definition) is 1. The van der Waals surface area contributed by atoms with E-state index in [2.05, 4.69) is 15.0 Å². The van der Waals surface area contributed by atoms with Gasteiger partial charge in [-0.3, -0.25) is 0 Å². The van der Waals surface area contributed by atoms with E-state index in [0.29, 0.717) is 10.7 Å². The number of aromatic carboxylic acids is 1. The average Bonchev–Trinajstić information content (AvgIpc) is 2.62. The first-order valence-corrected chi connectivity index (χ1v) is 4.96. The second-order valence-electron chi connectivity index (χ2n) is 2.87. The molecule has 2 heterocycles. The van der Waals surface area contributed by atoms with Crippen LogP contribution in [0.4, 0.5) is 0 Å². The van der Waals surface area contributed by atoms with Crippen molar-refractivity contribution in [3.8, 4) is 10.6 Å². The van der Waals surface area contributed by atoms with E-state index in [9.17, 15) is 4.79 Å². The summed E-state index contributed by atoms with van der Waals surface area (Å²) >= 11 is 1.13. The fraction of sp³-hybridized carbons (Fsp3) is 0.111. The number of rotatable bonds is 2. The van der Waals surface area contributed by atoms with Crippen molar-refractivity contribution < 1.29 is 9.90 Å². The monoisotopic (exact) mass is 221 g/mol. The van der Waals surface area contributed by atoms with Crippen LogP contribution in [0.25, 0.3) is 10.6 Å². The summed E-state index contributed by atoms with van der Waals surface area (Å²) in [7, 11) is 0. The fourth-order valence-electron chi connectivity index (χ4n) is 1.13. The summed E-state index contributed by atoms with van der Waals surface area (Å²) < 4.78 is 0. The molecule has 0 aliphatic heterocycles. The lowest BCUT2D eigenvalue weighted by atomic mass is 10.3. The van der Waals surface area contributed by atoms with Crippen LogP contribution in [0, 0.1) is 6.92 Å². The topological polar surface area (TPSA) is 76.0 Å². The van der Waals surface area contributed by atoms with Gasteiger partial charge in [-0.2, -0.15) is 0 Å². The first-order chi connectivity index (χ1) is 7.18. The molecule has 2 aromatic heterocycles. The summed E-state index contributed by atoms with van der Waals surface area (Å²) in [6.07, 6.45) is 4.63. The number of hydrogen-bond acceptors (Lipinski definition) is 5. The molecule has 2 rings (SSSR count). The van der Waals surface area contributed by atoms with Crippen LogP contribution in [-0.4, -0.2) is 26.0 Å². The molecule has 2 aromatic rings. The highest BCUT2D eigenvalue weighted by Crippen LogP contribution is 2.26. The van der Waals surface area contributed by atoms with Crippen LogP contribution in [0.5, 0.6) is 0 Å². The van der Waals surface area contributed by atoms with Crippen molar-refractivity contribution in [1.82, 2.24) is 15.0 Å². The van der Waals surface area contributed by atoms with Crippen molar-refractivity contribution in [3.63, 3.8) is 0 Å². The number of nitrogens with zero attached hydrogens (tertiary/aromatic N) is 3. The molecule has 0 amide bonds. The van der Waals surface area contributed by atoms with Crippen molar-refractivity contribution in [2.75, 3.05) is 0 Å². The molecule has 6 heteroatoms. The zero-order valence-corrected chi connectivity index (χ0v) is 8.65. The summed E-state index contributed by atoms with van der Waals surface area (Å²) in [5.41, 5.74) is 1.25. The second-order valence-corrected chi connectivity index (χ2v) is 3.86. The molecule has 5 nitrogen and oxygen atoms in total. The predicted octanol–water partition coefficient (Wildman–Crippen LogP) is 1.61. The maximum Gasteiger partial charge on any atom is 0.347 e. The summed E-state index contributed by atoms with van der Waals surface area (Å²) in [6.45, 7) is 1.67. The van der Waals surface area contributed by atoms with E-state index in [-0.39, 0.29) is 4.88 Å². The summed E-state index contributed by atoms with van der Waals surface area (Å²) in [5.74, 6) is -0.951. The van der Waals surface area contributed by atoms with E-state index in [1.807, 2.05) is 0 Å². The third kappa shape index (κ3) is 1.84. The van der Waals surface area contributed by atoms with Gasteiger partial charge in [-0.05, 0) is 6.92 Å². The predicted molar refractivity (Wildman–Crippen MR) is 54.8 cm³/mol. The van der Waals surface area contributed by atoms with Gasteiger partial charge in [0.1, 0.15) is 16.2 Å². The third-order valence-electron chi connectivity index (χ3n) is 1.80. The van der Waals surface area contributed by atoms with Crippen LogP contribution >= 0.6 is 11.3 Å². The molecule has 0 atom stereocenters. The minimum Gasteiger partial charge on any atom is -0.477 e. The van der Waals surface area contributed by atoms with Crippen LogP contribution in [0.3, 0.4) is 0 Å². The van der Waals surface area contributed by atoms with Gasteiger partial charge in [0.15, 0.2) is 0 Å². The maximum atomic E-state index is 10.8. The van der Waals surface area contributed by atoms with Crippen LogP contribution in [0.1, 0.15) is 15.4 Å². The standard InChI is InChI=1S/C9H7N3O2S/c1-5-7(9(13)14)15-8(12-5)6-2-10-4-11-3-6/h2-4H,1H3,(H,13,14). The summed E-state index contributed by atoms with van der Waals surface area (Å²) in [4.78, 5) is 22.9. The van der Waals surface area contributed by atoms with Crippen LogP contribution < -0.4 is 0 Å². The lowest BCUT2D eigenvalue weighted by Crippen LogP contribution is -1.94. The van der Waals surface area contributed by atoms with Crippen LogP contribution in [0.15, 0.2) is 18.7 Å². The highest BCUT2D eigenvalue weighted by Gasteiger charge is 2.14. The molecule has 0 spiro atoms. The van der Waals surface area contributed by atoms with Crippen molar-refractivity contribution in [2.24, 2.45) is 0 Å². The Balaban J connectivity index is 2.48. The highest BCUT2D eigenvalue weighted by molar-refractivity contribution is 7.17. The fourth-order valence-corrected chi connectivity index (χ4v) is 2.01. The normalized spacial score (nSPS) is 10.2. The third-order valence-corrected chi connectivity index (χ3v) is 2.99. The molecule has 76 valence electrons. The Labute approximate surface area is 89.5 Å². The summed E-state index contributed by atoms with van der Waals surface area (Å²) in [5, 5.41) is 9.50. The Morgan fingerprint density at radius 1 is 1.40 bits per heavy atom. The molecule has 0 unspecified atom stereocenters. The van der Waals surface area contributed by atoms with Gasteiger partial charge in [0.2, 0.25) is 0 Å². The van der Waals surface area contributed by atoms with Crippen molar-refractivity contribution in [1.29, 1.82) is 0 Å². The molecule has 1 N–H and O–H groups in total. The van der Waals surface area contributed by atoms with Crippen molar-refractivity contribution in [2.45, 2.75) is 6.92 Å². The molecule has 0 saturated carbocycles. The zero-order valence-electron chi connectivity index (χ0n) is 7.84. The largest absolute Gasteiger partial charge is 0.477 e. The highest BCUT2D eigenvalue weighted by atomic mass is 32.1. The molecule has 0 aromatic carbocycles. The zero-order chi connectivity index (χ0) is 10.8. The van der Waals surface area contributed by atoms with Crippen LogP contribution in [-0.2, 0) is 0 Å². The Hall–Kier alpha value is -1.82. The second kappa shape index (κ2) is 3.74. The van der Waals surface area contributed by atoms with Gasteiger partial charge in [0, 0.05) is 18.0 Å². The Morgan fingerprint density at radius 3 is 2.60 bits per heavy atom. The quantitative estimate of drug-likeness (QED) is 0.833. The van der Waals surface area contributed by atoms with Crippen LogP contribution in [0.2, 0.25) is 0 Å². The van der Waals surface area contributed by atoms with Crippen molar-refractivity contribution in [3.05, 3.63) is 29.3 Å². The van der Waals surface area contributed by atoms with Gasteiger partial charge in [-0.25, -0.2) is 19.7 Å².